The van der Waals surface area contributed by atoms with Gasteiger partial charge in [0, 0.05) is 11.8 Å². The van der Waals surface area contributed by atoms with Crippen molar-refractivity contribution >= 4 is 21.9 Å². The van der Waals surface area contributed by atoms with Gasteiger partial charge in [0.15, 0.2) is 0 Å². The van der Waals surface area contributed by atoms with E-state index in [1.54, 1.807) is 0 Å². The molecule has 1 atom stereocenters. The van der Waals surface area contributed by atoms with Crippen molar-refractivity contribution < 1.29 is 9.53 Å². The molecular formula is C8H15BrO2. The van der Waals surface area contributed by atoms with Crippen LogP contribution in [0.5, 0.6) is 0 Å². The van der Waals surface area contributed by atoms with E-state index in [1.165, 1.54) is 7.11 Å². The molecule has 0 bridgehead atoms. The van der Waals surface area contributed by atoms with E-state index in [4.69, 9.17) is 0 Å². The maximum absolute atomic E-state index is 10.8. The van der Waals surface area contributed by atoms with E-state index >= 15 is 0 Å². The third kappa shape index (κ3) is 5.24. The van der Waals surface area contributed by atoms with Gasteiger partial charge in [-0.1, -0.05) is 29.3 Å². The van der Waals surface area contributed by atoms with Gasteiger partial charge in [-0.2, -0.15) is 0 Å². The predicted octanol–water partition coefficient (Wildman–Crippen LogP) is 2.36. The average Bonchev–Trinajstić information content (AvgIpc) is 2.03. The standard InChI is InChI=1S/C8H15BrO2/c1-3-4-7(6-9)5-8(10)11-2/h7H,3-6H2,1-2H3. The van der Waals surface area contributed by atoms with E-state index in [0.29, 0.717) is 12.3 Å². The van der Waals surface area contributed by atoms with Crippen molar-refractivity contribution in [2.45, 2.75) is 26.2 Å². The van der Waals surface area contributed by atoms with Gasteiger partial charge in [-0.3, -0.25) is 4.79 Å². The number of hydrogen-bond acceptors (Lipinski definition) is 2. The van der Waals surface area contributed by atoms with Gasteiger partial charge < -0.3 is 4.74 Å². The summed E-state index contributed by atoms with van der Waals surface area (Å²) in [6.07, 6.45) is 2.74. The molecule has 0 fully saturated rings. The van der Waals surface area contributed by atoms with Crippen LogP contribution in [0, 0.1) is 5.92 Å². The van der Waals surface area contributed by atoms with E-state index in [-0.39, 0.29) is 5.97 Å². The lowest BCUT2D eigenvalue weighted by Crippen LogP contribution is -2.10. The molecule has 0 rings (SSSR count). The average molecular weight is 223 g/mol. The Bertz CT molecular complexity index is 115. The van der Waals surface area contributed by atoms with Crippen molar-refractivity contribution in [2.24, 2.45) is 5.92 Å². The number of hydrogen-bond donors (Lipinski definition) is 0. The molecule has 2 nitrogen and oxygen atoms in total. The van der Waals surface area contributed by atoms with E-state index in [9.17, 15) is 4.79 Å². The first-order valence-electron chi connectivity index (χ1n) is 3.87. The summed E-state index contributed by atoms with van der Waals surface area (Å²) in [7, 11) is 1.43. The summed E-state index contributed by atoms with van der Waals surface area (Å²) in [6, 6.07) is 0. The first kappa shape index (κ1) is 11.0. The summed E-state index contributed by atoms with van der Waals surface area (Å²) >= 11 is 3.37. The molecule has 0 radical (unpaired) electrons. The first-order valence-corrected chi connectivity index (χ1v) is 4.99. The molecule has 0 aliphatic rings. The summed E-state index contributed by atoms with van der Waals surface area (Å²) in [5.74, 6) is 0.329. The molecule has 0 aliphatic carbocycles. The molecule has 66 valence electrons. The molecule has 3 heteroatoms. The minimum atomic E-state index is -0.108. The minimum Gasteiger partial charge on any atom is -0.469 e. The second-order valence-electron chi connectivity index (χ2n) is 2.59. The van der Waals surface area contributed by atoms with Crippen LogP contribution in [0.3, 0.4) is 0 Å². The van der Waals surface area contributed by atoms with Crippen LogP contribution < -0.4 is 0 Å². The van der Waals surface area contributed by atoms with Gasteiger partial charge >= 0.3 is 5.97 Å². The Morgan fingerprint density at radius 1 is 1.64 bits per heavy atom. The highest BCUT2D eigenvalue weighted by molar-refractivity contribution is 9.09. The number of methoxy groups -OCH3 is 1. The van der Waals surface area contributed by atoms with Gasteiger partial charge in [0.25, 0.3) is 0 Å². The molecule has 0 aliphatic heterocycles. The zero-order valence-electron chi connectivity index (χ0n) is 7.10. The Hall–Kier alpha value is -0.0500. The number of ether oxygens (including phenoxy) is 1. The molecule has 0 aromatic rings. The third-order valence-electron chi connectivity index (χ3n) is 1.60. The number of esters is 1. The van der Waals surface area contributed by atoms with Gasteiger partial charge in [-0.15, -0.1) is 0 Å². The summed E-state index contributed by atoms with van der Waals surface area (Å²) in [5.41, 5.74) is 0. The highest BCUT2D eigenvalue weighted by atomic mass is 79.9. The number of carbonyl (C=O) groups is 1. The van der Waals surface area contributed by atoms with Gasteiger partial charge in [-0.05, 0) is 12.3 Å². The molecule has 0 heterocycles. The Labute approximate surface area is 76.4 Å². The Kier molecular flexibility index (Phi) is 6.62. The van der Waals surface area contributed by atoms with E-state index in [2.05, 4.69) is 27.6 Å². The van der Waals surface area contributed by atoms with Crippen molar-refractivity contribution in [3.63, 3.8) is 0 Å². The molecule has 11 heavy (non-hydrogen) atoms. The number of carbonyl (C=O) groups excluding carboxylic acids is 1. The third-order valence-corrected chi connectivity index (χ3v) is 2.51. The lowest BCUT2D eigenvalue weighted by molar-refractivity contribution is -0.141. The summed E-state index contributed by atoms with van der Waals surface area (Å²) in [6.45, 7) is 2.12. The smallest absolute Gasteiger partial charge is 0.305 e. The zero-order chi connectivity index (χ0) is 8.69. The van der Waals surface area contributed by atoms with Crippen molar-refractivity contribution in [1.29, 1.82) is 0 Å². The molecular weight excluding hydrogens is 208 g/mol. The van der Waals surface area contributed by atoms with Gasteiger partial charge in [0.2, 0.25) is 0 Å². The highest BCUT2D eigenvalue weighted by Crippen LogP contribution is 2.14. The number of alkyl halides is 1. The number of halogens is 1. The fraction of sp³-hybridized carbons (Fsp3) is 0.875. The normalized spacial score (nSPS) is 12.6. The fourth-order valence-corrected chi connectivity index (χ4v) is 1.51. The fourth-order valence-electron chi connectivity index (χ4n) is 0.961. The topological polar surface area (TPSA) is 26.3 Å². The molecule has 1 unspecified atom stereocenters. The molecule has 0 N–H and O–H groups in total. The lowest BCUT2D eigenvalue weighted by atomic mass is 10.0. The van der Waals surface area contributed by atoms with Crippen molar-refractivity contribution in [2.75, 3.05) is 12.4 Å². The second kappa shape index (κ2) is 6.65. The van der Waals surface area contributed by atoms with Crippen LogP contribution in [0.15, 0.2) is 0 Å². The van der Waals surface area contributed by atoms with Crippen LogP contribution in [0.2, 0.25) is 0 Å². The molecule has 0 saturated carbocycles. The van der Waals surface area contributed by atoms with Crippen LogP contribution in [0.25, 0.3) is 0 Å². The maximum Gasteiger partial charge on any atom is 0.305 e. The zero-order valence-corrected chi connectivity index (χ0v) is 8.69. The summed E-state index contributed by atoms with van der Waals surface area (Å²) in [5, 5.41) is 0.885. The van der Waals surface area contributed by atoms with E-state index in [1.807, 2.05) is 0 Å². The van der Waals surface area contributed by atoms with Crippen LogP contribution in [0.4, 0.5) is 0 Å². The predicted molar refractivity (Wildman–Crippen MR) is 48.8 cm³/mol. The van der Waals surface area contributed by atoms with Gasteiger partial charge in [0.1, 0.15) is 0 Å². The largest absolute Gasteiger partial charge is 0.469 e. The van der Waals surface area contributed by atoms with E-state index in [0.717, 1.165) is 18.2 Å². The van der Waals surface area contributed by atoms with Crippen LogP contribution >= 0.6 is 15.9 Å². The summed E-state index contributed by atoms with van der Waals surface area (Å²) < 4.78 is 4.57. The Morgan fingerprint density at radius 3 is 2.64 bits per heavy atom. The summed E-state index contributed by atoms with van der Waals surface area (Å²) in [4.78, 5) is 10.8. The van der Waals surface area contributed by atoms with Crippen molar-refractivity contribution in [3.8, 4) is 0 Å². The Balaban J connectivity index is 3.58. The first-order chi connectivity index (χ1) is 5.24. The minimum absolute atomic E-state index is 0.108. The van der Waals surface area contributed by atoms with Crippen molar-refractivity contribution in [3.05, 3.63) is 0 Å². The SMILES string of the molecule is CCCC(CBr)CC(=O)OC. The highest BCUT2D eigenvalue weighted by Gasteiger charge is 2.11. The monoisotopic (exact) mass is 222 g/mol. The van der Waals surface area contributed by atoms with E-state index < -0.39 is 0 Å². The molecule has 0 saturated heterocycles. The van der Waals surface area contributed by atoms with Crippen LogP contribution in [-0.4, -0.2) is 18.4 Å². The number of rotatable bonds is 5. The lowest BCUT2D eigenvalue weighted by Gasteiger charge is -2.09. The molecule has 0 amide bonds. The Morgan fingerprint density at radius 2 is 2.27 bits per heavy atom. The maximum atomic E-state index is 10.8. The van der Waals surface area contributed by atoms with Crippen LogP contribution in [-0.2, 0) is 9.53 Å². The van der Waals surface area contributed by atoms with Crippen molar-refractivity contribution in [1.82, 2.24) is 0 Å². The quantitative estimate of drug-likeness (QED) is 0.528. The van der Waals surface area contributed by atoms with Gasteiger partial charge in [-0.25, -0.2) is 0 Å². The van der Waals surface area contributed by atoms with Crippen LogP contribution in [0.1, 0.15) is 26.2 Å². The molecule has 0 aromatic heterocycles. The van der Waals surface area contributed by atoms with Gasteiger partial charge in [0.05, 0.1) is 7.11 Å². The molecule has 0 aromatic carbocycles. The molecule has 0 spiro atoms. The second-order valence-corrected chi connectivity index (χ2v) is 3.24.